The number of benzene rings is 1. The van der Waals surface area contributed by atoms with E-state index in [2.05, 4.69) is 30.0 Å². The number of nitrogens with zero attached hydrogens (tertiary/aromatic N) is 2. The number of hydrogen-bond acceptors (Lipinski definition) is 3. The van der Waals surface area contributed by atoms with E-state index >= 15 is 0 Å². The second-order valence-electron chi connectivity index (χ2n) is 7.22. The Kier molecular flexibility index (Phi) is 4.62. The molecule has 0 saturated carbocycles. The predicted molar refractivity (Wildman–Crippen MR) is 97.4 cm³/mol. The lowest BCUT2D eigenvalue weighted by Crippen LogP contribution is -2.35. The van der Waals surface area contributed by atoms with Crippen molar-refractivity contribution in [2.45, 2.75) is 45.2 Å². The highest BCUT2D eigenvalue weighted by molar-refractivity contribution is 5.91. The Morgan fingerprint density at radius 2 is 1.76 bits per heavy atom. The summed E-state index contributed by atoms with van der Waals surface area (Å²) in [4.78, 5) is 17.2. The van der Waals surface area contributed by atoms with Crippen molar-refractivity contribution in [1.82, 2.24) is 9.80 Å². The maximum Gasteiger partial charge on any atom is 0.289 e. The summed E-state index contributed by atoms with van der Waals surface area (Å²) in [6.45, 7) is 5.85. The van der Waals surface area contributed by atoms with Gasteiger partial charge in [-0.05, 0) is 62.5 Å². The summed E-state index contributed by atoms with van der Waals surface area (Å²) in [6.07, 6.45) is 4.75. The Hall–Kier alpha value is -2.07. The molecule has 1 fully saturated rings. The Morgan fingerprint density at radius 1 is 1.00 bits per heavy atom. The van der Waals surface area contributed by atoms with Crippen LogP contribution < -0.4 is 0 Å². The van der Waals surface area contributed by atoms with Crippen LogP contribution in [0.1, 0.15) is 59.7 Å². The lowest BCUT2D eigenvalue weighted by Gasteiger charge is -2.31. The van der Waals surface area contributed by atoms with Gasteiger partial charge in [-0.1, -0.05) is 30.7 Å². The number of hydrogen-bond donors (Lipinski definition) is 0. The van der Waals surface area contributed by atoms with Crippen LogP contribution in [0.4, 0.5) is 0 Å². The van der Waals surface area contributed by atoms with Gasteiger partial charge in [-0.25, -0.2) is 0 Å². The van der Waals surface area contributed by atoms with Gasteiger partial charge in [0.1, 0.15) is 5.76 Å². The molecule has 0 radical (unpaired) electrons. The first-order valence-electron chi connectivity index (χ1n) is 9.42. The molecular formula is C21H26N2O2. The van der Waals surface area contributed by atoms with Crippen molar-refractivity contribution in [2.75, 3.05) is 19.6 Å². The molecule has 4 rings (SSSR count). The number of amides is 1. The molecule has 0 N–H and O–H groups in total. The topological polar surface area (TPSA) is 36.7 Å². The molecule has 1 saturated heterocycles. The lowest BCUT2D eigenvalue weighted by molar-refractivity contribution is 0.0694. The molecule has 0 aliphatic carbocycles. The van der Waals surface area contributed by atoms with Crippen LogP contribution in [0, 0.1) is 0 Å². The van der Waals surface area contributed by atoms with Crippen LogP contribution in [0.2, 0.25) is 0 Å². The van der Waals surface area contributed by atoms with Gasteiger partial charge in [0, 0.05) is 13.1 Å². The summed E-state index contributed by atoms with van der Waals surface area (Å²) in [5.74, 6) is 1.38. The van der Waals surface area contributed by atoms with E-state index in [4.69, 9.17) is 4.42 Å². The first-order chi connectivity index (χ1) is 12.2. The van der Waals surface area contributed by atoms with E-state index in [1.807, 2.05) is 23.1 Å². The van der Waals surface area contributed by atoms with Crippen LogP contribution in [0.25, 0.3) is 0 Å². The van der Waals surface area contributed by atoms with E-state index in [1.54, 1.807) is 0 Å². The van der Waals surface area contributed by atoms with Crippen LogP contribution in [-0.2, 0) is 13.0 Å². The quantitative estimate of drug-likeness (QED) is 0.848. The van der Waals surface area contributed by atoms with Gasteiger partial charge in [-0.2, -0.15) is 0 Å². The molecule has 4 heteroatoms. The summed E-state index contributed by atoms with van der Waals surface area (Å²) in [6, 6.07) is 12.4. The average molecular weight is 338 g/mol. The molecule has 3 heterocycles. The molecule has 0 bridgehead atoms. The summed E-state index contributed by atoms with van der Waals surface area (Å²) in [5, 5.41) is 0. The van der Waals surface area contributed by atoms with Crippen LogP contribution in [0.3, 0.4) is 0 Å². The fourth-order valence-electron chi connectivity index (χ4n) is 4.00. The van der Waals surface area contributed by atoms with Crippen LogP contribution in [0.5, 0.6) is 0 Å². The maximum absolute atomic E-state index is 12.8. The SMILES string of the molecule is CC(c1ccc(C(=O)N2CCc3ccccc3C2)o1)N1CCCCC1. The van der Waals surface area contributed by atoms with Gasteiger partial charge in [-0.15, -0.1) is 0 Å². The smallest absolute Gasteiger partial charge is 0.289 e. The highest BCUT2D eigenvalue weighted by Gasteiger charge is 2.26. The van der Waals surface area contributed by atoms with Crippen molar-refractivity contribution in [1.29, 1.82) is 0 Å². The summed E-state index contributed by atoms with van der Waals surface area (Å²) >= 11 is 0. The van der Waals surface area contributed by atoms with Crippen LogP contribution in [0.15, 0.2) is 40.8 Å². The van der Waals surface area contributed by atoms with Crippen molar-refractivity contribution in [2.24, 2.45) is 0 Å². The van der Waals surface area contributed by atoms with Gasteiger partial charge in [0.15, 0.2) is 5.76 Å². The van der Waals surface area contributed by atoms with E-state index in [0.29, 0.717) is 12.3 Å². The number of carbonyl (C=O) groups is 1. The predicted octanol–water partition coefficient (Wildman–Crippen LogP) is 4.03. The molecule has 1 atom stereocenters. The summed E-state index contributed by atoms with van der Waals surface area (Å²) < 4.78 is 5.97. The maximum atomic E-state index is 12.8. The minimum absolute atomic E-state index is 0.00611. The summed E-state index contributed by atoms with van der Waals surface area (Å²) in [7, 11) is 0. The minimum atomic E-state index is 0.00611. The van der Waals surface area contributed by atoms with Gasteiger partial charge in [-0.3, -0.25) is 9.69 Å². The Labute approximate surface area is 149 Å². The van der Waals surface area contributed by atoms with Gasteiger partial charge in [0.05, 0.1) is 6.04 Å². The zero-order valence-corrected chi connectivity index (χ0v) is 14.9. The second kappa shape index (κ2) is 7.04. The largest absolute Gasteiger partial charge is 0.454 e. The molecule has 2 aromatic rings. The third-order valence-electron chi connectivity index (χ3n) is 5.61. The van der Waals surface area contributed by atoms with Gasteiger partial charge >= 0.3 is 0 Å². The number of fused-ring (bicyclic) bond motifs is 1. The van der Waals surface area contributed by atoms with Gasteiger partial charge in [0.2, 0.25) is 0 Å². The molecule has 25 heavy (non-hydrogen) atoms. The third-order valence-corrected chi connectivity index (χ3v) is 5.61. The second-order valence-corrected chi connectivity index (χ2v) is 7.22. The van der Waals surface area contributed by atoms with Crippen LogP contribution in [-0.4, -0.2) is 35.3 Å². The van der Waals surface area contributed by atoms with E-state index in [9.17, 15) is 4.79 Å². The van der Waals surface area contributed by atoms with Crippen molar-refractivity contribution in [3.8, 4) is 0 Å². The fraction of sp³-hybridized carbons (Fsp3) is 0.476. The fourth-order valence-corrected chi connectivity index (χ4v) is 4.00. The number of piperidine rings is 1. The molecule has 0 spiro atoms. The molecule has 132 valence electrons. The average Bonchev–Trinajstić information content (AvgIpc) is 3.17. The number of rotatable bonds is 3. The van der Waals surface area contributed by atoms with Gasteiger partial charge in [0.25, 0.3) is 5.91 Å². The van der Waals surface area contributed by atoms with Crippen molar-refractivity contribution in [3.63, 3.8) is 0 Å². The zero-order valence-electron chi connectivity index (χ0n) is 14.9. The Bertz CT molecular complexity index is 746. The van der Waals surface area contributed by atoms with Crippen molar-refractivity contribution in [3.05, 3.63) is 59.0 Å². The molecule has 4 nitrogen and oxygen atoms in total. The van der Waals surface area contributed by atoms with Crippen LogP contribution >= 0.6 is 0 Å². The third kappa shape index (κ3) is 3.36. The minimum Gasteiger partial charge on any atom is -0.454 e. The zero-order chi connectivity index (χ0) is 17.2. The number of likely N-dealkylation sites (tertiary alicyclic amines) is 1. The normalized spacial score (nSPS) is 19.5. The monoisotopic (exact) mass is 338 g/mol. The molecule has 1 unspecified atom stereocenters. The van der Waals surface area contributed by atoms with Crippen molar-refractivity contribution < 1.29 is 9.21 Å². The molecular weight excluding hydrogens is 312 g/mol. The lowest BCUT2D eigenvalue weighted by atomic mass is 10.00. The number of carbonyl (C=O) groups excluding carboxylic acids is 1. The standard InChI is InChI=1S/C21H26N2O2/c1-16(22-12-5-2-6-13-22)19-9-10-20(25-19)21(24)23-14-11-17-7-3-4-8-18(17)15-23/h3-4,7-10,16H,2,5-6,11-15H2,1H3. The van der Waals surface area contributed by atoms with E-state index < -0.39 is 0 Å². The first-order valence-corrected chi connectivity index (χ1v) is 9.42. The van der Waals surface area contributed by atoms with E-state index in [0.717, 1.165) is 31.8 Å². The van der Waals surface area contributed by atoms with E-state index in [-0.39, 0.29) is 11.9 Å². The highest BCUT2D eigenvalue weighted by atomic mass is 16.4. The molecule has 1 aromatic heterocycles. The molecule has 1 aromatic carbocycles. The molecule has 2 aliphatic heterocycles. The van der Waals surface area contributed by atoms with E-state index in [1.165, 1.54) is 30.4 Å². The van der Waals surface area contributed by atoms with Gasteiger partial charge < -0.3 is 9.32 Å². The number of furan rings is 1. The Morgan fingerprint density at radius 3 is 2.56 bits per heavy atom. The highest BCUT2D eigenvalue weighted by Crippen LogP contribution is 2.27. The summed E-state index contributed by atoms with van der Waals surface area (Å²) in [5.41, 5.74) is 2.60. The first kappa shape index (κ1) is 16.4. The Balaban J connectivity index is 1.46. The van der Waals surface area contributed by atoms with Crippen molar-refractivity contribution >= 4 is 5.91 Å². The molecule has 1 amide bonds. The molecule has 2 aliphatic rings.